The van der Waals surface area contributed by atoms with Crippen LogP contribution in [-0.4, -0.2) is 36.5 Å². The molecule has 0 aromatic carbocycles. The molecule has 124 valence electrons. The molecule has 0 unspecified atom stereocenters. The predicted octanol–water partition coefficient (Wildman–Crippen LogP) is 2.38. The summed E-state index contributed by atoms with van der Waals surface area (Å²) < 4.78 is 3.76. The Morgan fingerprint density at radius 2 is 2.04 bits per heavy atom. The molecule has 1 aliphatic rings. The van der Waals surface area contributed by atoms with Crippen molar-refractivity contribution in [2.24, 2.45) is 20.0 Å². The molecule has 2 heterocycles. The Balaban J connectivity index is 1.78. The van der Waals surface area contributed by atoms with Crippen molar-refractivity contribution in [3.63, 3.8) is 0 Å². The van der Waals surface area contributed by atoms with Gasteiger partial charge in [-0.15, -0.1) is 0 Å². The SMILES string of the molecule is Cn1cncc1C(=O)N(Cc1nccn1C)CC1CCCCC1. The maximum absolute atomic E-state index is 13.0. The molecular weight excluding hydrogens is 290 g/mol. The van der Waals surface area contributed by atoms with Crippen molar-refractivity contribution in [3.05, 3.63) is 36.4 Å². The summed E-state index contributed by atoms with van der Waals surface area (Å²) in [5.41, 5.74) is 0.634. The van der Waals surface area contributed by atoms with Crippen LogP contribution in [0.5, 0.6) is 0 Å². The second kappa shape index (κ2) is 6.98. The summed E-state index contributed by atoms with van der Waals surface area (Å²) in [7, 11) is 3.83. The molecule has 1 fully saturated rings. The lowest BCUT2D eigenvalue weighted by Crippen LogP contribution is -2.37. The Morgan fingerprint density at radius 1 is 1.26 bits per heavy atom. The molecule has 2 aromatic heterocycles. The van der Waals surface area contributed by atoms with Crippen LogP contribution < -0.4 is 0 Å². The smallest absolute Gasteiger partial charge is 0.272 e. The number of hydrogen-bond donors (Lipinski definition) is 0. The Kier molecular flexibility index (Phi) is 4.79. The number of hydrogen-bond acceptors (Lipinski definition) is 3. The molecule has 6 nitrogen and oxygen atoms in total. The van der Waals surface area contributed by atoms with Crippen molar-refractivity contribution in [1.82, 2.24) is 24.0 Å². The number of imidazole rings is 2. The van der Waals surface area contributed by atoms with Gasteiger partial charge in [0.1, 0.15) is 11.5 Å². The molecule has 6 heteroatoms. The van der Waals surface area contributed by atoms with Crippen LogP contribution in [0.2, 0.25) is 0 Å². The normalized spacial score (nSPS) is 15.7. The van der Waals surface area contributed by atoms with Gasteiger partial charge in [0.25, 0.3) is 5.91 Å². The van der Waals surface area contributed by atoms with Crippen molar-refractivity contribution >= 4 is 5.91 Å². The lowest BCUT2D eigenvalue weighted by Gasteiger charge is -2.29. The van der Waals surface area contributed by atoms with Crippen LogP contribution in [0.1, 0.15) is 48.4 Å². The lowest BCUT2D eigenvalue weighted by molar-refractivity contribution is 0.0682. The van der Waals surface area contributed by atoms with Crippen LogP contribution in [0.3, 0.4) is 0 Å². The highest BCUT2D eigenvalue weighted by molar-refractivity contribution is 5.92. The van der Waals surface area contributed by atoms with Gasteiger partial charge in [-0.1, -0.05) is 19.3 Å². The Bertz CT molecular complexity index is 653. The average Bonchev–Trinajstić information content (AvgIpc) is 3.16. The second-order valence-corrected chi connectivity index (χ2v) is 6.53. The van der Waals surface area contributed by atoms with Gasteiger partial charge in [-0.05, 0) is 18.8 Å². The highest BCUT2D eigenvalue weighted by atomic mass is 16.2. The van der Waals surface area contributed by atoms with Gasteiger partial charge in [-0.3, -0.25) is 4.79 Å². The fourth-order valence-corrected chi connectivity index (χ4v) is 3.35. The van der Waals surface area contributed by atoms with E-state index >= 15 is 0 Å². The van der Waals surface area contributed by atoms with E-state index in [1.165, 1.54) is 32.1 Å². The molecule has 0 spiro atoms. The van der Waals surface area contributed by atoms with Crippen LogP contribution >= 0.6 is 0 Å². The first-order valence-electron chi connectivity index (χ1n) is 8.37. The Labute approximate surface area is 137 Å². The van der Waals surface area contributed by atoms with Crippen LogP contribution in [0.4, 0.5) is 0 Å². The summed E-state index contributed by atoms with van der Waals surface area (Å²) in [5.74, 6) is 1.55. The van der Waals surface area contributed by atoms with Gasteiger partial charge in [0.05, 0.1) is 19.1 Å². The predicted molar refractivity (Wildman–Crippen MR) is 87.7 cm³/mol. The van der Waals surface area contributed by atoms with Gasteiger partial charge in [0.15, 0.2) is 0 Å². The first kappa shape index (κ1) is 15.8. The zero-order valence-corrected chi connectivity index (χ0v) is 14.0. The molecule has 0 bridgehead atoms. The van der Waals surface area contributed by atoms with Gasteiger partial charge < -0.3 is 14.0 Å². The fourth-order valence-electron chi connectivity index (χ4n) is 3.35. The Morgan fingerprint density at radius 3 is 2.65 bits per heavy atom. The molecule has 1 aliphatic carbocycles. The number of amides is 1. The van der Waals surface area contributed by atoms with Crippen molar-refractivity contribution in [1.29, 1.82) is 0 Å². The maximum atomic E-state index is 13.0. The minimum absolute atomic E-state index is 0.0403. The summed E-state index contributed by atoms with van der Waals surface area (Å²) in [6, 6.07) is 0. The van der Waals surface area contributed by atoms with Gasteiger partial charge in [-0.25, -0.2) is 9.97 Å². The quantitative estimate of drug-likeness (QED) is 0.851. The van der Waals surface area contributed by atoms with E-state index in [0.29, 0.717) is 18.2 Å². The first-order chi connectivity index (χ1) is 11.1. The molecule has 23 heavy (non-hydrogen) atoms. The molecule has 0 radical (unpaired) electrons. The Hall–Kier alpha value is -2.11. The average molecular weight is 315 g/mol. The zero-order valence-electron chi connectivity index (χ0n) is 14.0. The van der Waals surface area contributed by atoms with Gasteiger partial charge in [0.2, 0.25) is 0 Å². The standard InChI is InChI=1S/C17H25N5O/c1-20-9-8-19-16(20)12-22(11-14-6-4-3-5-7-14)17(23)15-10-18-13-21(15)2/h8-10,13-14H,3-7,11-12H2,1-2H3. The van der Waals surface area contributed by atoms with E-state index in [9.17, 15) is 4.79 Å². The maximum Gasteiger partial charge on any atom is 0.272 e. The number of nitrogens with zero attached hydrogens (tertiary/aromatic N) is 5. The lowest BCUT2D eigenvalue weighted by atomic mass is 9.89. The monoisotopic (exact) mass is 315 g/mol. The highest BCUT2D eigenvalue weighted by Crippen LogP contribution is 2.25. The zero-order chi connectivity index (χ0) is 16.2. The van der Waals surface area contributed by atoms with Crippen molar-refractivity contribution < 1.29 is 4.79 Å². The molecule has 2 aromatic rings. The van der Waals surface area contributed by atoms with Crippen LogP contribution in [-0.2, 0) is 20.6 Å². The highest BCUT2D eigenvalue weighted by Gasteiger charge is 2.24. The third kappa shape index (κ3) is 3.63. The number of carbonyl (C=O) groups excluding carboxylic acids is 1. The van der Waals surface area contributed by atoms with Crippen LogP contribution in [0.15, 0.2) is 24.9 Å². The van der Waals surface area contributed by atoms with E-state index in [1.54, 1.807) is 23.3 Å². The molecule has 0 aliphatic heterocycles. The van der Waals surface area contributed by atoms with Crippen molar-refractivity contribution in [2.75, 3.05) is 6.54 Å². The summed E-state index contributed by atoms with van der Waals surface area (Å²) in [5, 5.41) is 0. The molecule has 0 saturated heterocycles. The number of carbonyl (C=O) groups is 1. The molecular formula is C17H25N5O. The molecule has 0 N–H and O–H groups in total. The molecule has 1 amide bonds. The molecule has 0 atom stereocenters. The fraction of sp³-hybridized carbons (Fsp3) is 0.588. The van der Waals surface area contributed by atoms with E-state index in [4.69, 9.17) is 0 Å². The van der Waals surface area contributed by atoms with Crippen LogP contribution in [0.25, 0.3) is 0 Å². The van der Waals surface area contributed by atoms with E-state index in [1.807, 2.05) is 29.8 Å². The minimum Gasteiger partial charge on any atom is -0.337 e. The van der Waals surface area contributed by atoms with E-state index in [0.717, 1.165) is 12.4 Å². The number of rotatable bonds is 5. The van der Waals surface area contributed by atoms with Gasteiger partial charge >= 0.3 is 0 Å². The minimum atomic E-state index is 0.0403. The summed E-state index contributed by atoms with van der Waals surface area (Å²) in [6.07, 6.45) is 13.3. The molecule has 3 rings (SSSR count). The summed E-state index contributed by atoms with van der Waals surface area (Å²) >= 11 is 0. The number of aryl methyl sites for hydroxylation is 2. The van der Waals surface area contributed by atoms with Crippen molar-refractivity contribution in [2.45, 2.75) is 38.6 Å². The van der Waals surface area contributed by atoms with Gasteiger partial charge in [0, 0.05) is 33.0 Å². The summed E-state index contributed by atoms with van der Waals surface area (Å²) in [4.78, 5) is 23.4. The first-order valence-corrected chi connectivity index (χ1v) is 8.37. The molecule has 1 saturated carbocycles. The van der Waals surface area contributed by atoms with E-state index in [-0.39, 0.29) is 5.91 Å². The third-order valence-corrected chi connectivity index (χ3v) is 4.78. The second-order valence-electron chi connectivity index (χ2n) is 6.53. The van der Waals surface area contributed by atoms with E-state index in [2.05, 4.69) is 9.97 Å². The van der Waals surface area contributed by atoms with Crippen molar-refractivity contribution in [3.8, 4) is 0 Å². The van der Waals surface area contributed by atoms with Crippen LogP contribution in [0, 0.1) is 5.92 Å². The number of aromatic nitrogens is 4. The van der Waals surface area contributed by atoms with E-state index < -0.39 is 0 Å². The largest absolute Gasteiger partial charge is 0.337 e. The van der Waals surface area contributed by atoms with Gasteiger partial charge in [-0.2, -0.15) is 0 Å². The summed E-state index contributed by atoms with van der Waals surface area (Å²) in [6.45, 7) is 1.35. The third-order valence-electron chi connectivity index (χ3n) is 4.78. The topological polar surface area (TPSA) is 56.0 Å².